The van der Waals surface area contributed by atoms with E-state index in [1.807, 2.05) is 34.6 Å². The van der Waals surface area contributed by atoms with Crippen LogP contribution < -0.4 is 5.32 Å². The molecule has 1 aromatic heterocycles. The van der Waals surface area contributed by atoms with Gasteiger partial charge < -0.3 is 15.0 Å². The van der Waals surface area contributed by atoms with Crippen LogP contribution >= 0.6 is 0 Å². The zero-order valence-corrected chi connectivity index (χ0v) is 17.4. The summed E-state index contributed by atoms with van der Waals surface area (Å²) in [6, 6.07) is 7.89. The number of halogens is 1. The van der Waals surface area contributed by atoms with Crippen LogP contribution in [0, 0.1) is 5.82 Å². The van der Waals surface area contributed by atoms with Gasteiger partial charge in [0.2, 0.25) is 5.91 Å². The Bertz CT molecular complexity index is 710. The van der Waals surface area contributed by atoms with E-state index in [1.165, 1.54) is 18.5 Å². The molecule has 1 atom stereocenters. The fourth-order valence-corrected chi connectivity index (χ4v) is 2.60. The highest BCUT2D eigenvalue weighted by atomic mass is 19.1. The van der Waals surface area contributed by atoms with Crippen LogP contribution in [0.3, 0.4) is 0 Å². The highest BCUT2D eigenvalue weighted by molar-refractivity contribution is 5.81. The molecule has 6 nitrogen and oxygen atoms in total. The molecule has 2 heterocycles. The summed E-state index contributed by atoms with van der Waals surface area (Å²) in [4.78, 5) is 22.4. The molecule has 1 N–H and O–H groups in total. The third kappa shape index (κ3) is 6.88. The largest absolute Gasteiger partial charge is 0.377 e. The molecule has 0 saturated carbocycles. The lowest BCUT2D eigenvalue weighted by Gasteiger charge is -2.33. The minimum Gasteiger partial charge on any atom is -0.377 e. The van der Waals surface area contributed by atoms with Crippen molar-refractivity contribution < 1.29 is 13.9 Å². The first-order chi connectivity index (χ1) is 13.6. The molecule has 1 aliphatic rings. The summed E-state index contributed by atoms with van der Waals surface area (Å²) in [7, 11) is 0. The Hall–Kier alpha value is -2.54. The molecule has 0 radical (unpaired) electrons. The van der Waals surface area contributed by atoms with Gasteiger partial charge in [0.15, 0.2) is 0 Å². The summed E-state index contributed by atoms with van der Waals surface area (Å²) >= 11 is 0. The molecule has 3 rings (SSSR count). The zero-order valence-electron chi connectivity index (χ0n) is 17.4. The number of benzene rings is 1. The highest BCUT2D eigenvalue weighted by Gasteiger charge is 2.23. The average molecular weight is 391 g/mol. The van der Waals surface area contributed by atoms with E-state index in [0.717, 1.165) is 5.56 Å². The van der Waals surface area contributed by atoms with Crippen LogP contribution in [-0.4, -0.2) is 53.1 Å². The monoisotopic (exact) mass is 390 g/mol. The molecular weight excluding hydrogens is 359 g/mol. The number of ether oxygens (including phenoxy) is 1. The van der Waals surface area contributed by atoms with Gasteiger partial charge in [0.25, 0.3) is 0 Å². The maximum atomic E-state index is 13.0. The predicted molar refractivity (Wildman–Crippen MR) is 111 cm³/mol. The molecule has 0 spiro atoms. The molecule has 1 saturated heterocycles. The van der Waals surface area contributed by atoms with Crippen molar-refractivity contribution in [1.82, 2.24) is 14.9 Å². The lowest BCUT2D eigenvalue weighted by molar-refractivity contribution is -0.137. The second kappa shape index (κ2) is 12.8. The number of amides is 1. The summed E-state index contributed by atoms with van der Waals surface area (Å²) in [5, 5.41) is 3.03. The number of carbonyl (C=O) groups is 1. The Morgan fingerprint density at radius 1 is 1.21 bits per heavy atom. The predicted octanol–water partition coefficient (Wildman–Crippen LogP) is 3.99. The molecule has 1 aromatic carbocycles. The Morgan fingerprint density at radius 3 is 2.54 bits per heavy atom. The quantitative estimate of drug-likeness (QED) is 0.855. The number of hydrogen-bond acceptors (Lipinski definition) is 5. The average Bonchev–Trinajstić information content (AvgIpc) is 2.76. The third-order valence-electron chi connectivity index (χ3n) is 3.92. The van der Waals surface area contributed by atoms with Crippen molar-refractivity contribution in [3.05, 3.63) is 42.5 Å². The number of aromatic nitrogens is 2. The van der Waals surface area contributed by atoms with Crippen LogP contribution in [0.15, 0.2) is 36.7 Å². The SMILES string of the molecule is CC.CC.C[C@H]1COCCN1C(=O)CNc1cc(-c2ccc(F)cc2)ncn1. The first kappa shape index (κ1) is 23.5. The number of anilines is 1. The maximum Gasteiger partial charge on any atom is 0.242 e. The molecule has 7 heteroatoms. The lowest BCUT2D eigenvalue weighted by atomic mass is 10.1. The second-order valence-corrected chi connectivity index (χ2v) is 5.66. The molecule has 0 aliphatic carbocycles. The lowest BCUT2D eigenvalue weighted by Crippen LogP contribution is -2.49. The van der Waals surface area contributed by atoms with Crippen molar-refractivity contribution in [2.75, 3.05) is 31.6 Å². The Balaban J connectivity index is 0.000000921. The number of carbonyl (C=O) groups excluding carboxylic acids is 1. The first-order valence-electron chi connectivity index (χ1n) is 9.82. The third-order valence-corrected chi connectivity index (χ3v) is 3.92. The minimum atomic E-state index is -0.295. The van der Waals surface area contributed by atoms with Gasteiger partial charge >= 0.3 is 0 Å². The van der Waals surface area contributed by atoms with Crippen LogP contribution in [0.4, 0.5) is 10.2 Å². The van der Waals surface area contributed by atoms with E-state index < -0.39 is 0 Å². The Morgan fingerprint density at radius 2 is 1.89 bits per heavy atom. The van der Waals surface area contributed by atoms with Gasteiger partial charge in [-0.25, -0.2) is 14.4 Å². The van der Waals surface area contributed by atoms with E-state index in [9.17, 15) is 9.18 Å². The first-order valence-corrected chi connectivity index (χ1v) is 9.82. The van der Waals surface area contributed by atoms with Gasteiger partial charge in [-0.1, -0.05) is 27.7 Å². The molecule has 28 heavy (non-hydrogen) atoms. The fraction of sp³-hybridized carbons (Fsp3) is 0.476. The number of nitrogens with zero attached hydrogens (tertiary/aromatic N) is 3. The molecule has 2 aromatic rings. The molecular formula is C21H31FN4O2. The Labute approximate surface area is 167 Å². The molecule has 1 aliphatic heterocycles. The maximum absolute atomic E-state index is 13.0. The van der Waals surface area contributed by atoms with E-state index >= 15 is 0 Å². The van der Waals surface area contributed by atoms with Crippen molar-refractivity contribution in [1.29, 1.82) is 0 Å². The molecule has 1 fully saturated rings. The minimum absolute atomic E-state index is 0.00717. The molecule has 0 bridgehead atoms. The summed E-state index contributed by atoms with van der Waals surface area (Å²) in [5.41, 5.74) is 1.45. The van der Waals surface area contributed by atoms with E-state index in [4.69, 9.17) is 4.74 Å². The summed E-state index contributed by atoms with van der Waals surface area (Å²) in [6.07, 6.45) is 1.42. The van der Waals surface area contributed by atoms with Gasteiger partial charge in [0.05, 0.1) is 31.5 Å². The van der Waals surface area contributed by atoms with E-state index in [-0.39, 0.29) is 24.3 Å². The van der Waals surface area contributed by atoms with Crippen LogP contribution in [0.2, 0.25) is 0 Å². The van der Waals surface area contributed by atoms with E-state index in [0.29, 0.717) is 31.3 Å². The van der Waals surface area contributed by atoms with E-state index in [2.05, 4.69) is 15.3 Å². The van der Waals surface area contributed by atoms with Gasteiger partial charge in [0.1, 0.15) is 18.0 Å². The van der Waals surface area contributed by atoms with Crippen LogP contribution in [0.25, 0.3) is 11.3 Å². The smallest absolute Gasteiger partial charge is 0.242 e. The number of hydrogen-bond donors (Lipinski definition) is 1. The van der Waals surface area contributed by atoms with Gasteiger partial charge in [0, 0.05) is 18.2 Å². The van der Waals surface area contributed by atoms with Gasteiger partial charge in [-0.05, 0) is 31.2 Å². The Kier molecular flexibility index (Phi) is 10.7. The van der Waals surface area contributed by atoms with Crippen LogP contribution in [0.1, 0.15) is 34.6 Å². The van der Waals surface area contributed by atoms with Gasteiger partial charge in [-0.3, -0.25) is 4.79 Å². The van der Waals surface area contributed by atoms with Crippen molar-refractivity contribution in [2.45, 2.75) is 40.7 Å². The summed E-state index contributed by atoms with van der Waals surface area (Å²) in [5.74, 6) is 0.266. The highest BCUT2D eigenvalue weighted by Crippen LogP contribution is 2.19. The number of nitrogens with one attached hydrogen (secondary N) is 1. The van der Waals surface area contributed by atoms with Crippen LogP contribution in [-0.2, 0) is 9.53 Å². The van der Waals surface area contributed by atoms with Crippen molar-refractivity contribution >= 4 is 11.7 Å². The normalized spacial score (nSPS) is 15.5. The van der Waals surface area contributed by atoms with Gasteiger partial charge in [-0.15, -0.1) is 0 Å². The fourth-order valence-electron chi connectivity index (χ4n) is 2.60. The number of morpholine rings is 1. The second-order valence-electron chi connectivity index (χ2n) is 5.66. The van der Waals surface area contributed by atoms with Crippen molar-refractivity contribution in [2.24, 2.45) is 0 Å². The van der Waals surface area contributed by atoms with E-state index in [1.54, 1.807) is 23.1 Å². The zero-order chi connectivity index (χ0) is 20.9. The van der Waals surface area contributed by atoms with Crippen molar-refractivity contribution in [3.63, 3.8) is 0 Å². The summed E-state index contributed by atoms with van der Waals surface area (Å²) < 4.78 is 18.3. The van der Waals surface area contributed by atoms with Crippen LogP contribution in [0.5, 0.6) is 0 Å². The molecule has 0 unspecified atom stereocenters. The molecule has 1 amide bonds. The summed E-state index contributed by atoms with van der Waals surface area (Å²) in [6.45, 7) is 11.9. The number of rotatable bonds is 4. The standard InChI is InChI=1S/C17H19FN4O2.2C2H6/c1-12-10-24-7-6-22(12)17(23)9-19-16-8-15(20-11-21-16)13-2-4-14(18)5-3-13;2*1-2/h2-5,8,11-12H,6-7,9-10H2,1H3,(H,19,20,21);2*1-2H3/t12-;;/m0../s1. The van der Waals surface area contributed by atoms with Gasteiger partial charge in [-0.2, -0.15) is 0 Å². The van der Waals surface area contributed by atoms with Crippen molar-refractivity contribution in [3.8, 4) is 11.3 Å². The molecule has 154 valence electrons. The topological polar surface area (TPSA) is 67.3 Å².